The van der Waals surface area contributed by atoms with E-state index in [-0.39, 0.29) is 0 Å². The molecular weight excluding hydrogens is 228 g/mol. The zero-order valence-electron chi connectivity index (χ0n) is 7.33. The molecule has 0 aliphatic heterocycles. The van der Waals surface area contributed by atoms with Crippen LogP contribution in [-0.4, -0.2) is 32.7 Å². The van der Waals surface area contributed by atoms with E-state index >= 15 is 0 Å². The summed E-state index contributed by atoms with van der Waals surface area (Å²) in [4.78, 5) is 10.7. The minimum absolute atomic E-state index is 0.860. The average molecular weight is 236 g/mol. The van der Waals surface area contributed by atoms with Gasteiger partial charge in [-0.1, -0.05) is 0 Å². The lowest BCUT2D eigenvalue weighted by molar-refractivity contribution is -0.158. The smallest absolute Gasteiger partial charge is 0.437 e. The fourth-order valence-electron chi connectivity index (χ4n) is 0.446. The quantitative estimate of drug-likeness (QED) is 0.700. The van der Waals surface area contributed by atoms with Crippen LogP contribution >= 0.6 is 7.60 Å². The Kier molecular flexibility index (Phi) is 4.57. The van der Waals surface area contributed by atoms with E-state index in [9.17, 15) is 22.5 Å². The lowest BCUT2D eigenvalue weighted by Crippen LogP contribution is -2.20. The van der Waals surface area contributed by atoms with Crippen molar-refractivity contribution >= 4 is 13.3 Å². The Labute approximate surface area is 77.7 Å². The van der Waals surface area contributed by atoms with Crippen molar-refractivity contribution < 1.29 is 36.3 Å². The summed E-state index contributed by atoms with van der Waals surface area (Å²) in [5, 5.41) is 0. The summed E-state index contributed by atoms with van der Waals surface area (Å²) in [6, 6.07) is 0. The molecule has 5 nitrogen and oxygen atoms in total. The molecule has 0 aromatic heterocycles. The third-order valence-corrected chi connectivity index (χ3v) is 2.60. The largest absolute Gasteiger partial charge is 0.447 e. The number of halogens is 3. The molecule has 0 unspecified atom stereocenters. The molecule has 9 heteroatoms. The van der Waals surface area contributed by atoms with Crippen molar-refractivity contribution in [1.82, 2.24) is 0 Å². The zero-order chi connectivity index (χ0) is 11.4. The molecular formula is C5H8F3O5P. The van der Waals surface area contributed by atoms with Crippen LogP contribution in [0.4, 0.5) is 18.0 Å². The predicted octanol–water partition coefficient (Wildman–Crippen LogP) is 2.17. The Hall–Kier alpha value is -0.590. The molecule has 0 rings (SSSR count). The summed E-state index contributed by atoms with van der Waals surface area (Å²) in [5.74, 6) is 0. The van der Waals surface area contributed by atoms with Gasteiger partial charge in [-0.25, -0.2) is 9.36 Å². The van der Waals surface area contributed by atoms with Crippen molar-refractivity contribution in [3.05, 3.63) is 0 Å². The number of carbonyl (C=O) groups is 1. The second kappa shape index (κ2) is 4.77. The van der Waals surface area contributed by atoms with Gasteiger partial charge in [-0.3, -0.25) is 0 Å². The fraction of sp³-hybridized carbons (Fsp3) is 0.800. The molecule has 0 fully saturated rings. The highest BCUT2D eigenvalue weighted by Crippen LogP contribution is 2.48. The highest BCUT2D eigenvalue weighted by atomic mass is 31.2. The number of alkyl halides is 3. The zero-order valence-corrected chi connectivity index (χ0v) is 8.22. The van der Waals surface area contributed by atoms with Crippen molar-refractivity contribution in [2.24, 2.45) is 0 Å². The van der Waals surface area contributed by atoms with Gasteiger partial charge in [0.05, 0.1) is 0 Å². The summed E-state index contributed by atoms with van der Waals surface area (Å²) in [7, 11) is -2.50. The van der Waals surface area contributed by atoms with Crippen LogP contribution < -0.4 is 0 Å². The van der Waals surface area contributed by atoms with Gasteiger partial charge in [-0.15, -0.1) is 0 Å². The van der Waals surface area contributed by atoms with Crippen LogP contribution in [0.25, 0.3) is 0 Å². The van der Waals surface area contributed by atoms with Gasteiger partial charge in [0, 0.05) is 14.2 Å². The first kappa shape index (κ1) is 13.4. The number of ether oxygens (including phenoxy) is 1. The Morgan fingerprint density at radius 1 is 1.29 bits per heavy atom. The molecule has 0 aliphatic rings. The Balaban J connectivity index is 4.28. The van der Waals surface area contributed by atoms with E-state index in [2.05, 4.69) is 13.8 Å². The molecule has 0 aromatic carbocycles. The van der Waals surface area contributed by atoms with E-state index in [0.717, 1.165) is 14.2 Å². The number of hydrogen-bond donors (Lipinski definition) is 0. The maximum atomic E-state index is 11.6. The SMILES string of the molecule is COP(=O)(OC)C(=O)OCC(F)(F)F. The normalized spacial score (nSPS) is 12.6. The molecule has 0 amide bonds. The van der Waals surface area contributed by atoms with Gasteiger partial charge in [-0.2, -0.15) is 13.2 Å². The van der Waals surface area contributed by atoms with Crippen LogP contribution in [0.15, 0.2) is 0 Å². The monoisotopic (exact) mass is 236 g/mol. The van der Waals surface area contributed by atoms with E-state index in [1.165, 1.54) is 0 Å². The maximum Gasteiger partial charge on any atom is 0.437 e. The van der Waals surface area contributed by atoms with E-state index in [4.69, 9.17) is 0 Å². The topological polar surface area (TPSA) is 61.8 Å². The molecule has 0 saturated carbocycles. The second-order valence-electron chi connectivity index (χ2n) is 2.03. The lowest BCUT2D eigenvalue weighted by Gasteiger charge is -2.13. The standard InChI is InChI=1S/C5H8F3O5P/c1-11-14(10,12-2)4(9)13-3-5(6,7)8/h3H2,1-2H3. The molecule has 0 saturated heterocycles. The van der Waals surface area contributed by atoms with Crippen molar-refractivity contribution in [2.45, 2.75) is 6.18 Å². The first-order chi connectivity index (χ1) is 6.25. The van der Waals surface area contributed by atoms with Crippen molar-refractivity contribution in [1.29, 1.82) is 0 Å². The summed E-state index contributed by atoms with van der Waals surface area (Å²) >= 11 is 0. The summed E-state index contributed by atoms with van der Waals surface area (Å²) in [5.41, 5.74) is -1.67. The van der Waals surface area contributed by atoms with Gasteiger partial charge >= 0.3 is 19.5 Å². The molecule has 0 aromatic rings. The van der Waals surface area contributed by atoms with Gasteiger partial charge < -0.3 is 13.8 Å². The first-order valence-corrected chi connectivity index (χ1v) is 4.75. The van der Waals surface area contributed by atoms with Gasteiger partial charge in [0.2, 0.25) is 0 Å². The third-order valence-electron chi connectivity index (χ3n) is 1.06. The van der Waals surface area contributed by atoms with E-state index in [1.807, 2.05) is 0 Å². The summed E-state index contributed by atoms with van der Waals surface area (Å²) < 4.78 is 57.7. The average Bonchev–Trinajstić information content (AvgIpc) is 2.11. The van der Waals surface area contributed by atoms with Crippen LogP contribution in [0, 0.1) is 0 Å². The van der Waals surface area contributed by atoms with Gasteiger partial charge in [0.15, 0.2) is 6.61 Å². The highest BCUT2D eigenvalue weighted by molar-refractivity contribution is 7.71. The molecule has 0 heterocycles. The van der Waals surface area contributed by atoms with Crippen LogP contribution in [0.3, 0.4) is 0 Å². The van der Waals surface area contributed by atoms with E-state index < -0.39 is 26.1 Å². The minimum atomic E-state index is -4.68. The van der Waals surface area contributed by atoms with E-state index in [0.29, 0.717) is 0 Å². The van der Waals surface area contributed by atoms with E-state index in [1.54, 1.807) is 0 Å². The van der Waals surface area contributed by atoms with Gasteiger partial charge in [-0.05, 0) is 0 Å². The van der Waals surface area contributed by atoms with Gasteiger partial charge in [0.25, 0.3) is 0 Å². The maximum absolute atomic E-state index is 11.6. The summed E-state index contributed by atoms with van der Waals surface area (Å²) in [6.45, 7) is -1.83. The van der Waals surface area contributed by atoms with Gasteiger partial charge in [0.1, 0.15) is 0 Å². The lowest BCUT2D eigenvalue weighted by atomic mass is 10.7. The first-order valence-electron chi connectivity index (χ1n) is 3.21. The number of rotatable bonds is 4. The Morgan fingerprint density at radius 2 is 1.71 bits per heavy atom. The van der Waals surface area contributed by atoms with Crippen LogP contribution in [0.2, 0.25) is 0 Å². The number of carbonyl (C=O) groups excluding carboxylic acids is 1. The van der Waals surface area contributed by atoms with Crippen LogP contribution in [-0.2, 0) is 18.3 Å². The Bertz CT molecular complexity index is 242. The Morgan fingerprint density at radius 3 is 2.00 bits per heavy atom. The highest BCUT2D eigenvalue weighted by Gasteiger charge is 2.38. The second-order valence-corrected chi connectivity index (χ2v) is 4.12. The predicted molar refractivity (Wildman–Crippen MR) is 39.0 cm³/mol. The van der Waals surface area contributed by atoms with Crippen molar-refractivity contribution in [3.63, 3.8) is 0 Å². The summed E-state index contributed by atoms with van der Waals surface area (Å²) in [6.07, 6.45) is -4.68. The molecule has 0 N–H and O–H groups in total. The van der Waals surface area contributed by atoms with Crippen LogP contribution in [0.1, 0.15) is 0 Å². The molecule has 0 atom stereocenters. The molecule has 0 aliphatic carbocycles. The van der Waals surface area contributed by atoms with Crippen molar-refractivity contribution in [3.8, 4) is 0 Å². The fourth-order valence-corrected chi connectivity index (χ4v) is 1.12. The molecule has 0 spiro atoms. The third kappa shape index (κ3) is 4.08. The molecule has 14 heavy (non-hydrogen) atoms. The molecule has 0 bridgehead atoms. The molecule has 84 valence electrons. The molecule has 0 radical (unpaired) electrons. The van der Waals surface area contributed by atoms with Crippen molar-refractivity contribution in [2.75, 3.05) is 20.8 Å². The van der Waals surface area contributed by atoms with Crippen LogP contribution in [0.5, 0.6) is 0 Å². The minimum Gasteiger partial charge on any atom is -0.447 e. The number of hydrogen-bond acceptors (Lipinski definition) is 5.